The Labute approximate surface area is 111 Å². The van der Waals surface area contributed by atoms with Crippen LogP contribution in [-0.2, 0) is 0 Å². The van der Waals surface area contributed by atoms with E-state index in [1.54, 1.807) is 12.1 Å². The van der Waals surface area contributed by atoms with Gasteiger partial charge in [-0.3, -0.25) is 4.79 Å². The van der Waals surface area contributed by atoms with Crippen LogP contribution in [0, 0.1) is 11.3 Å². The molecule has 0 amide bonds. The zero-order valence-corrected chi connectivity index (χ0v) is 10.5. The zero-order chi connectivity index (χ0) is 12.7. The molecule has 1 aromatic carbocycles. The van der Waals surface area contributed by atoms with Crippen molar-refractivity contribution in [3.8, 4) is 6.07 Å². The first kappa shape index (κ1) is 11.1. The Morgan fingerprint density at radius 3 is 2.83 bits per heavy atom. The van der Waals surface area contributed by atoms with Gasteiger partial charge in [-0.1, -0.05) is 22.9 Å². The monoisotopic (exact) mass is 272 g/mol. The van der Waals surface area contributed by atoms with Crippen molar-refractivity contribution in [2.24, 2.45) is 0 Å². The van der Waals surface area contributed by atoms with Crippen LogP contribution in [0.25, 0.3) is 21.1 Å². The Balaban J connectivity index is 2.46. The Bertz CT molecular complexity index is 880. The van der Waals surface area contributed by atoms with Gasteiger partial charge in [0.05, 0.1) is 5.52 Å². The molecule has 18 heavy (non-hydrogen) atoms. The van der Waals surface area contributed by atoms with Crippen LogP contribution in [0.3, 0.4) is 0 Å². The molecular formula is C13H5ClN2OS. The summed E-state index contributed by atoms with van der Waals surface area (Å²) in [4.78, 5) is 16.6. The van der Waals surface area contributed by atoms with Crippen LogP contribution in [0.5, 0.6) is 0 Å². The molecule has 0 aliphatic rings. The highest BCUT2D eigenvalue weighted by atomic mass is 35.5. The summed E-state index contributed by atoms with van der Waals surface area (Å²) in [7, 11) is 0. The highest BCUT2D eigenvalue weighted by Gasteiger charge is 2.06. The second-order valence-electron chi connectivity index (χ2n) is 3.78. The molecule has 2 aromatic heterocycles. The molecule has 0 radical (unpaired) electrons. The molecule has 0 saturated carbocycles. The van der Waals surface area contributed by atoms with E-state index >= 15 is 0 Å². The normalized spacial score (nSPS) is 10.7. The molecule has 2 heterocycles. The maximum Gasteiger partial charge on any atom is 0.252 e. The maximum absolute atomic E-state index is 11.6. The predicted molar refractivity (Wildman–Crippen MR) is 73.1 cm³/mol. The number of nitriles is 1. The third kappa shape index (κ3) is 1.74. The predicted octanol–water partition coefficient (Wildman–Crippen LogP) is 3.33. The standard InChI is InChI=1S/C13H5ClN2OS/c14-10-1-2-11-7(5-10)3-8-4-9(6-15)13(17)18-12(8)16-11/h1-5H. The Morgan fingerprint density at radius 1 is 1.22 bits per heavy atom. The quantitative estimate of drug-likeness (QED) is 0.590. The SMILES string of the molecule is N#Cc1cc2cc3cc(Cl)ccc3nc2sc1=O. The summed E-state index contributed by atoms with van der Waals surface area (Å²) in [5.74, 6) is 0. The summed E-state index contributed by atoms with van der Waals surface area (Å²) in [6, 6.07) is 10.7. The van der Waals surface area contributed by atoms with E-state index in [4.69, 9.17) is 16.9 Å². The van der Waals surface area contributed by atoms with Crippen LogP contribution < -0.4 is 4.74 Å². The molecular weight excluding hydrogens is 268 g/mol. The van der Waals surface area contributed by atoms with Crippen molar-refractivity contribution in [2.45, 2.75) is 0 Å². The molecule has 0 fully saturated rings. The van der Waals surface area contributed by atoms with Crippen molar-refractivity contribution >= 4 is 44.1 Å². The first-order chi connectivity index (χ1) is 8.67. The number of halogens is 1. The van der Waals surface area contributed by atoms with Crippen LogP contribution in [-0.4, -0.2) is 4.98 Å². The Kier molecular flexibility index (Phi) is 2.51. The fraction of sp³-hybridized carbons (Fsp3) is 0. The molecule has 5 heteroatoms. The first-order valence-corrected chi connectivity index (χ1v) is 6.31. The number of aromatic nitrogens is 1. The number of pyridine rings is 1. The highest BCUT2D eigenvalue weighted by Crippen LogP contribution is 2.23. The molecule has 0 bridgehead atoms. The van der Waals surface area contributed by atoms with Gasteiger partial charge in [0.25, 0.3) is 4.74 Å². The number of hydrogen-bond acceptors (Lipinski definition) is 4. The third-order valence-electron chi connectivity index (χ3n) is 2.60. The van der Waals surface area contributed by atoms with Crippen LogP contribution in [0.4, 0.5) is 0 Å². The Morgan fingerprint density at radius 2 is 2.06 bits per heavy atom. The molecule has 0 spiro atoms. The first-order valence-electron chi connectivity index (χ1n) is 5.11. The highest BCUT2D eigenvalue weighted by molar-refractivity contribution is 7.15. The van der Waals surface area contributed by atoms with Crippen molar-refractivity contribution in [2.75, 3.05) is 0 Å². The van der Waals surface area contributed by atoms with Gasteiger partial charge in [0, 0.05) is 15.8 Å². The summed E-state index contributed by atoms with van der Waals surface area (Å²) in [6.45, 7) is 0. The molecule has 0 N–H and O–H groups in total. The fourth-order valence-electron chi connectivity index (χ4n) is 1.77. The van der Waals surface area contributed by atoms with Gasteiger partial charge in [0.1, 0.15) is 16.5 Å². The average molecular weight is 273 g/mol. The van der Waals surface area contributed by atoms with Crippen molar-refractivity contribution < 1.29 is 0 Å². The minimum Gasteiger partial charge on any atom is -0.276 e. The average Bonchev–Trinajstić information content (AvgIpc) is 2.36. The van der Waals surface area contributed by atoms with E-state index in [1.807, 2.05) is 24.3 Å². The second kappa shape index (κ2) is 4.05. The van der Waals surface area contributed by atoms with Gasteiger partial charge < -0.3 is 0 Å². The summed E-state index contributed by atoms with van der Waals surface area (Å²) in [5, 5.41) is 11.2. The number of rotatable bonds is 0. The van der Waals surface area contributed by atoms with E-state index in [0.717, 1.165) is 27.6 Å². The lowest BCUT2D eigenvalue weighted by Crippen LogP contribution is -1.99. The minimum atomic E-state index is -0.259. The maximum atomic E-state index is 11.6. The molecule has 0 aliphatic carbocycles. The Hall–Kier alpha value is -1.96. The van der Waals surface area contributed by atoms with E-state index in [2.05, 4.69) is 4.98 Å². The lowest BCUT2D eigenvalue weighted by Gasteiger charge is -2.01. The zero-order valence-electron chi connectivity index (χ0n) is 8.98. The van der Waals surface area contributed by atoms with Gasteiger partial charge in [-0.2, -0.15) is 5.26 Å². The molecule has 86 valence electrons. The molecule has 0 saturated heterocycles. The largest absolute Gasteiger partial charge is 0.276 e. The number of hydrogen-bond donors (Lipinski definition) is 0. The number of benzene rings is 1. The molecule has 3 nitrogen and oxygen atoms in total. The lowest BCUT2D eigenvalue weighted by atomic mass is 10.2. The molecule has 0 atom stereocenters. The van der Waals surface area contributed by atoms with Crippen molar-refractivity contribution in [1.82, 2.24) is 4.98 Å². The molecule has 0 aliphatic heterocycles. The minimum absolute atomic E-state index is 0.149. The van der Waals surface area contributed by atoms with Gasteiger partial charge in [0.15, 0.2) is 0 Å². The van der Waals surface area contributed by atoms with Crippen LogP contribution >= 0.6 is 22.9 Å². The van der Waals surface area contributed by atoms with E-state index in [1.165, 1.54) is 0 Å². The van der Waals surface area contributed by atoms with E-state index < -0.39 is 0 Å². The van der Waals surface area contributed by atoms with Crippen molar-refractivity contribution in [3.63, 3.8) is 0 Å². The second-order valence-corrected chi connectivity index (χ2v) is 5.18. The van der Waals surface area contributed by atoms with Gasteiger partial charge in [-0.05, 0) is 30.3 Å². The van der Waals surface area contributed by atoms with Gasteiger partial charge in [-0.25, -0.2) is 4.98 Å². The molecule has 0 unspecified atom stereocenters. The number of nitrogens with zero attached hydrogens (tertiary/aromatic N) is 2. The van der Waals surface area contributed by atoms with Crippen LogP contribution in [0.2, 0.25) is 5.02 Å². The van der Waals surface area contributed by atoms with Crippen molar-refractivity contribution in [1.29, 1.82) is 5.26 Å². The van der Waals surface area contributed by atoms with Crippen LogP contribution in [0.15, 0.2) is 35.1 Å². The van der Waals surface area contributed by atoms with Crippen molar-refractivity contribution in [3.05, 3.63) is 50.5 Å². The van der Waals surface area contributed by atoms with Gasteiger partial charge in [0.2, 0.25) is 0 Å². The topological polar surface area (TPSA) is 53.8 Å². The van der Waals surface area contributed by atoms with E-state index in [9.17, 15) is 4.79 Å². The molecule has 3 rings (SSSR count). The summed E-state index contributed by atoms with van der Waals surface area (Å²) < 4.78 is -0.259. The summed E-state index contributed by atoms with van der Waals surface area (Å²) in [6.07, 6.45) is 0. The lowest BCUT2D eigenvalue weighted by molar-refractivity contribution is 1.48. The molecule has 3 aromatic rings. The fourth-order valence-corrected chi connectivity index (χ4v) is 2.72. The smallest absolute Gasteiger partial charge is 0.252 e. The van der Waals surface area contributed by atoms with Gasteiger partial charge >= 0.3 is 0 Å². The van der Waals surface area contributed by atoms with Gasteiger partial charge in [-0.15, -0.1) is 0 Å². The van der Waals surface area contributed by atoms with Crippen LogP contribution in [0.1, 0.15) is 5.56 Å². The third-order valence-corrected chi connectivity index (χ3v) is 3.76. The number of fused-ring (bicyclic) bond motifs is 2. The van der Waals surface area contributed by atoms with E-state index in [0.29, 0.717) is 9.85 Å². The summed E-state index contributed by atoms with van der Waals surface area (Å²) in [5.41, 5.74) is 0.933. The van der Waals surface area contributed by atoms with E-state index in [-0.39, 0.29) is 10.3 Å². The summed E-state index contributed by atoms with van der Waals surface area (Å²) >= 11 is 6.92.